The van der Waals surface area contributed by atoms with E-state index in [1.165, 1.54) is 6.07 Å². The molecule has 0 saturated heterocycles. The average Bonchev–Trinajstić information content (AvgIpc) is 2.84. The van der Waals surface area contributed by atoms with Gasteiger partial charge < -0.3 is 14.8 Å². The molecule has 1 atom stereocenters. The molecule has 19 heavy (non-hydrogen) atoms. The molecule has 0 aliphatic heterocycles. The van der Waals surface area contributed by atoms with Crippen LogP contribution in [0.25, 0.3) is 0 Å². The van der Waals surface area contributed by atoms with Crippen LogP contribution in [0.15, 0.2) is 41.0 Å². The van der Waals surface area contributed by atoms with Crippen molar-refractivity contribution in [2.75, 3.05) is 5.32 Å². The number of anilines is 1. The van der Waals surface area contributed by atoms with Crippen molar-refractivity contribution >= 4 is 23.3 Å². The number of rotatable bonds is 5. The molecule has 100 valence electrons. The van der Waals surface area contributed by atoms with Crippen molar-refractivity contribution in [3.63, 3.8) is 0 Å². The summed E-state index contributed by atoms with van der Waals surface area (Å²) in [7, 11) is 0. The van der Waals surface area contributed by atoms with Gasteiger partial charge in [-0.1, -0.05) is 11.6 Å². The summed E-state index contributed by atoms with van der Waals surface area (Å²) < 4.78 is 5.27. The summed E-state index contributed by atoms with van der Waals surface area (Å²) in [5, 5.41) is 12.5. The second-order valence-corrected chi connectivity index (χ2v) is 4.74. The van der Waals surface area contributed by atoms with Crippen LogP contribution in [-0.2, 0) is 6.42 Å². The summed E-state index contributed by atoms with van der Waals surface area (Å²) in [6.45, 7) is 2.00. The van der Waals surface area contributed by atoms with Gasteiger partial charge in [0, 0.05) is 18.2 Å². The van der Waals surface area contributed by atoms with Gasteiger partial charge in [0.1, 0.15) is 5.76 Å². The highest BCUT2D eigenvalue weighted by Gasteiger charge is 2.11. The number of carboxylic acids is 1. The zero-order chi connectivity index (χ0) is 13.8. The number of hydrogen-bond donors (Lipinski definition) is 2. The first-order valence-corrected chi connectivity index (χ1v) is 6.26. The number of hydrogen-bond acceptors (Lipinski definition) is 3. The molecule has 0 spiro atoms. The van der Waals surface area contributed by atoms with Crippen LogP contribution >= 0.6 is 11.6 Å². The average molecular weight is 280 g/mol. The molecule has 0 amide bonds. The van der Waals surface area contributed by atoms with E-state index in [0.717, 1.165) is 17.9 Å². The molecular weight excluding hydrogens is 266 g/mol. The SMILES string of the molecule is CC(Cc1ccco1)Nc1ccc(Cl)c(C(=O)O)c1. The monoisotopic (exact) mass is 279 g/mol. The molecule has 0 radical (unpaired) electrons. The van der Waals surface area contributed by atoms with E-state index in [1.54, 1.807) is 18.4 Å². The normalized spacial score (nSPS) is 12.1. The lowest BCUT2D eigenvalue weighted by atomic mass is 10.1. The van der Waals surface area contributed by atoms with Crippen molar-refractivity contribution in [3.8, 4) is 0 Å². The van der Waals surface area contributed by atoms with Gasteiger partial charge >= 0.3 is 5.97 Å². The number of furan rings is 1. The van der Waals surface area contributed by atoms with Gasteiger partial charge in [0.25, 0.3) is 0 Å². The quantitative estimate of drug-likeness (QED) is 0.876. The van der Waals surface area contributed by atoms with Gasteiger partial charge in [0.05, 0.1) is 16.8 Å². The van der Waals surface area contributed by atoms with E-state index in [0.29, 0.717) is 0 Å². The molecule has 1 aromatic heterocycles. The number of carboxylic acid groups (broad SMARTS) is 1. The largest absolute Gasteiger partial charge is 0.478 e. The second-order valence-electron chi connectivity index (χ2n) is 4.33. The number of aromatic carboxylic acids is 1. The molecule has 2 N–H and O–H groups in total. The van der Waals surface area contributed by atoms with Crippen LogP contribution < -0.4 is 5.32 Å². The van der Waals surface area contributed by atoms with Gasteiger partial charge in [-0.15, -0.1) is 0 Å². The Hall–Kier alpha value is -1.94. The Morgan fingerprint density at radius 2 is 2.26 bits per heavy atom. The van der Waals surface area contributed by atoms with E-state index in [1.807, 2.05) is 19.1 Å². The smallest absolute Gasteiger partial charge is 0.337 e. The first-order chi connectivity index (χ1) is 9.06. The van der Waals surface area contributed by atoms with Gasteiger partial charge in [-0.3, -0.25) is 0 Å². The minimum Gasteiger partial charge on any atom is -0.478 e. The number of carbonyl (C=O) groups is 1. The van der Waals surface area contributed by atoms with E-state index in [4.69, 9.17) is 21.1 Å². The minimum atomic E-state index is -1.03. The first-order valence-electron chi connectivity index (χ1n) is 5.88. The lowest BCUT2D eigenvalue weighted by molar-refractivity contribution is 0.0697. The number of halogens is 1. The molecule has 0 aliphatic carbocycles. The van der Waals surface area contributed by atoms with Crippen LogP contribution in [-0.4, -0.2) is 17.1 Å². The van der Waals surface area contributed by atoms with Gasteiger partial charge in [-0.2, -0.15) is 0 Å². The molecule has 4 nitrogen and oxygen atoms in total. The van der Waals surface area contributed by atoms with Crippen molar-refractivity contribution in [1.29, 1.82) is 0 Å². The molecule has 0 saturated carbocycles. The van der Waals surface area contributed by atoms with Crippen molar-refractivity contribution in [2.45, 2.75) is 19.4 Å². The van der Waals surface area contributed by atoms with Crippen LogP contribution in [0.3, 0.4) is 0 Å². The third-order valence-corrected chi connectivity index (χ3v) is 3.03. The molecule has 1 unspecified atom stereocenters. The lowest BCUT2D eigenvalue weighted by Crippen LogP contribution is -2.18. The zero-order valence-corrected chi connectivity index (χ0v) is 11.1. The fourth-order valence-electron chi connectivity index (χ4n) is 1.85. The van der Waals surface area contributed by atoms with Crippen molar-refractivity contribution in [1.82, 2.24) is 0 Å². The first kappa shape index (κ1) is 13.5. The highest BCUT2D eigenvalue weighted by atomic mass is 35.5. The summed E-state index contributed by atoms with van der Waals surface area (Å²) in [4.78, 5) is 11.0. The molecule has 2 rings (SSSR count). The maximum Gasteiger partial charge on any atom is 0.337 e. The highest BCUT2D eigenvalue weighted by molar-refractivity contribution is 6.33. The summed E-state index contributed by atoms with van der Waals surface area (Å²) in [6, 6.07) is 8.73. The highest BCUT2D eigenvalue weighted by Crippen LogP contribution is 2.21. The predicted molar refractivity (Wildman–Crippen MR) is 73.9 cm³/mol. The lowest BCUT2D eigenvalue weighted by Gasteiger charge is -2.14. The Morgan fingerprint density at radius 3 is 2.89 bits per heavy atom. The standard InChI is InChI=1S/C14H14ClNO3/c1-9(7-11-3-2-6-19-11)16-10-4-5-13(15)12(8-10)14(17)18/h2-6,8-9,16H,7H2,1H3,(H,17,18). The molecule has 0 fully saturated rings. The molecule has 1 aromatic carbocycles. The Balaban J connectivity index is 2.06. The van der Waals surface area contributed by atoms with Crippen LogP contribution in [0.5, 0.6) is 0 Å². The molecule has 2 aromatic rings. The van der Waals surface area contributed by atoms with E-state index in [2.05, 4.69) is 5.32 Å². The number of benzene rings is 1. The van der Waals surface area contributed by atoms with Gasteiger partial charge in [-0.25, -0.2) is 4.79 Å². The van der Waals surface area contributed by atoms with Crippen molar-refractivity contribution in [3.05, 3.63) is 52.9 Å². The van der Waals surface area contributed by atoms with Crippen LogP contribution in [0.2, 0.25) is 5.02 Å². The predicted octanol–water partition coefficient (Wildman–Crippen LogP) is 3.67. The Kier molecular flexibility index (Phi) is 4.12. The Morgan fingerprint density at radius 1 is 1.47 bits per heavy atom. The van der Waals surface area contributed by atoms with E-state index in [9.17, 15) is 4.79 Å². The number of nitrogens with one attached hydrogen (secondary N) is 1. The van der Waals surface area contributed by atoms with Crippen LogP contribution in [0.1, 0.15) is 23.0 Å². The molecule has 5 heteroatoms. The summed E-state index contributed by atoms with van der Waals surface area (Å²) >= 11 is 5.82. The second kappa shape index (κ2) is 5.80. The zero-order valence-electron chi connectivity index (χ0n) is 10.4. The van der Waals surface area contributed by atoms with E-state index < -0.39 is 5.97 Å². The summed E-state index contributed by atoms with van der Waals surface area (Å²) in [5.74, 6) is -0.153. The fourth-order valence-corrected chi connectivity index (χ4v) is 2.04. The van der Waals surface area contributed by atoms with Gasteiger partial charge in [-0.05, 0) is 37.3 Å². The van der Waals surface area contributed by atoms with Crippen LogP contribution in [0, 0.1) is 0 Å². The molecular formula is C14H14ClNO3. The van der Waals surface area contributed by atoms with Crippen molar-refractivity contribution < 1.29 is 14.3 Å². The fraction of sp³-hybridized carbons (Fsp3) is 0.214. The maximum absolute atomic E-state index is 11.0. The molecule has 0 bridgehead atoms. The van der Waals surface area contributed by atoms with Gasteiger partial charge in [0.15, 0.2) is 0 Å². The third kappa shape index (κ3) is 3.51. The third-order valence-electron chi connectivity index (χ3n) is 2.70. The minimum absolute atomic E-state index is 0.0943. The Labute approximate surface area is 116 Å². The topological polar surface area (TPSA) is 62.5 Å². The van der Waals surface area contributed by atoms with E-state index >= 15 is 0 Å². The van der Waals surface area contributed by atoms with Crippen molar-refractivity contribution in [2.24, 2.45) is 0 Å². The van der Waals surface area contributed by atoms with Gasteiger partial charge in [0.2, 0.25) is 0 Å². The summed E-state index contributed by atoms with van der Waals surface area (Å²) in [6.07, 6.45) is 2.35. The molecule has 1 heterocycles. The van der Waals surface area contributed by atoms with E-state index in [-0.39, 0.29) is 16.6 Å². The molecule has 0 aliphatic rings. The summed E-state index contributed by atoms with van der Waals surface area (Å²) in [5.41, 5.74) is 0.817. The maximum atomic E-state index is 11.0. The van der Waals surface area contributed by atoms with Crippen LogP contribution in [0.4, 0.5) is 5.69 Å². The Bertz CT molecular complexity index is 566.